The van der Waals surface area contributed by atoms with Crippen LogP contribution in [0.5, 0.6) is 0 Å². The van der Waals surface area contributed by atoms with Crippen LogP contribution in [0, 0.1) is 10.1 Å². The lowest BCUT2D eigenvalue weighted by Crippen LogP contribution is -2.58. The van der Waals surface area contributed by atoms with Crippen molar-refractivity contribution in [3.8, 4) is 11.1 Å². The van der Waals surface area contributed by atoms with E-state index in [1.807, 2.05) is 0 Å². The molecule has 1 aliphatic heterocycles. The van der Waals surface area contributed by atoms with Gasteiger partial charge < -0.3 is 5.11 Å². The number of nitrogens with zero attached hydrogens (tertiary/aromatic N) is 2. The molecule has 0 radical (unpaired) electrons. The van der Waals surface area contributed by atoms with E-state index >= 15 is 0 Å². The summed E-state index contributed by atoms with van der Waals surface area (Å²) in [5, 5.41) is 20.6. The van der Waals surface area contributed by atoms with Crippen molar-refractivity contribution in [2.75, 3.05) is 12.3 Å². The third-order valence-electron chi connectivity index (χ3n) is 4.82. The molecule has 0 unspecified atom stereocenters. The number of carbonyl (C=O) groups is 1. The zero-order chi connectivity index (χ0) is 21.4. The molecule has 0 bridgehead atoms. The number of rotatable bonds is 5. The van der Waals surface area contributed by atoms with Gasteiger partial charge in [-0.2, -0.15) is 16.1 Å². The fourth-order valence-electron chi connectivity index (χ4n) is 3.39. The summed E-state index contributed by atoms with van der Waals surface area (Å²) in [6.07, 6.45) is 0. The number of nitro benzene ring substituents is 1. The van der Waals surface area contributed by atoms with Crippen molar-refractivity contribution < 1.29 is 23.2 Å². The first-order valence-electron chi connectivity index (χ1n) is 8.77. The second-order valence-electron chi connectivity index (χ2n) is 7.14. The Hall–Kier alpha value is -2.43. The minimum absolute atomic E-state index is 0.0133. The van der Waals surface area contributed by atoms with Gasteiger partial charge in [0.1, 0.15) is 6.04 Å². The molecule has 0 aliphatic carbocycles. The van der Waals surface area contributed by atoms with Crippen LogP contribution in [0.3, 0.4) is 0 Å². The van der Waals surface area contributed by atoms with Crippen LogP contribution in [-0.4, -0.2) is 51.8 Å². The zero-order valence-electron chi connectivity index (χ0n) is 15.8. The van der Waals surface area contributed by atoms with Crippen LogP contribution in [0.15, 0.2) is 53.4 Å². The van der Waals surface area contributed by atoms with Crippen LogP contribution < -0.4 is 0 Å². The van der Waals surface area contributed by atoms with E-state index in [1.54, 1.807) is 38.1 Å². The third-order valence-corrected chi connectivity index (χ3v) is 8.05. The number of carboxylic acids is 1. The van der Waals surface area contributed by atoms with Crippen molar-refractivity contribution in [1.82, 2.24) is 4.31 Å². The highest BCUT2D eigenvalue weighted by Gasteiger charge is 2.48. The molecule has 154 valence electrons. The Labute approximate surface area is 172 Å². The largest absolute Gasteiger partial charge is 0.480 e. The van der Waals surface area contributed by atoms with Gasteiger partial charge in [0.05, 0.1) is 9.82 Å². The Bertz CT molecular complexity index is 1050. The maximum absolute atomic E-state index is 13.1. The Morgan fingerprint density at radius 3 is 2.45 bits per heavy atom. The van der Waals surface area contributed by atoms with E-state index < -0.39 is 31.7 Å². The van der Waals surface area contributed by atoms with Gasteiger partial charge in [-0.15, -0.1) is 0 Å². The number of sulfonamides is 1. The molecule has 1 fully saturated rings. The molecular weight excluding hydrogens is 416 g/mol. The van der Waals surface area contributed by atoms with E-state index in [4.69, 9.17) is 0 Å². The average molecular weight is 437 g/mol. The Morgan fingerprint density at radius 2 is 1.86 bits per heavy atom. The van der Waals surface area contributed by atoms with Gasteiger partial charge in [-0.3, -0.25) is 14.9 Å². The third kappa shape index (κ3) is 4.14. The lowest BCUT2D eigenvalue weighted by Gasteiger charge is -2.42. The Morgan fingerprint density at radius 1 is 1.21 bits per heavy atom. The molecule has 10 heteroatoms. The molecule has 0 amide bonds. The molecule has 1 atom stereocenters. The molecule has 1 heterocycles. The average Bonchev–Trinajstić information content (AvgIpc) is 2.67. The number of hydrogen-bond acceptors (Lipinski definition) is 6. The SMILES string of the molecule is CC1(C)SCCN(S(=O)(=O)c2ccc(-c3cccc([N+](=O)[O-])c3)cc2)[C@H]1C(=O)O. The number of non-ortho nitro benzene ring substituents is 1. The van der Waals surface area contributed by atoms with Crippen molar-refractivity contribution in [2.45, 2.75) is 29.5 Å². The molecule has 0 saturated carbocycles. The van der Waals surface area contributed by atoms with Gasteiger partial charge in [-0.05, 0) is 37.1 Å². The number of carboxylic acid groups (broad SMARTS) is 1. The van der Waals surface area contributed by atoms with Gasteiger partial charge in [-0.25, -0.2) is 8.42 Å². The van der Waals surface area contributed by atoms with Crippen molar-refractivity contribution in [3.63, 3.8) is 0 Å². The van der Waals surface area contributed by atoms with Crippen molar-refractivity contribution >= 4 is 33.4 Å². The summed E-state index contributed by atoms with van der Waals surface area (Å²) in [7, 11) is -4.02. The van der Waals surface area contributed by atoms with Gasteiger partial charge in [0.15, 0.2) is 0 Å². The standard InChI is InChI=1S/C19H20N2O6S2/c1-19(2)17(18(22)23)20(10-11-28-19)29(26,27)16-8-6-13(7-9-16)14-4-3-5-15(12-14)21(24)25/h3-9,12,17H,10-11H2,1-2H3,(H,22,23)/t17-/m0/s1. The maximum Gasteiger partial charge on any atom is 0.323 e. The number of thioether (sulfide) groups is 1. The van der Waals surface area contributed by atoms with E-state index in [1.165, 1.54) is 36.0 Å². The maximum atomic E-state index is 13.1. The zero-order valence-corrected chi connectivity index (χ0v) is 17.4. The molecular formula is C19H20N2O6S2. The van der Waals surface area contributed by atoms with Crippen LogP contribution in [0.2, 0.25) is 0 Å². The molecule has 2 aromatic carbocycles. The molecule has 1 N–H and O–H groups in total. The van der Waals surface area contributed by atoms with Gasteiger partial charge >= 0.3 is 5.97 Å². The predicted molar refractivity (Wildman–Crippen MR) is 110 cm³/mol. The first-order chi connectivity index (χ1) is 13.5. The quantitative estimate of drug-likeness (QED) is 0.565. The van der Waals surface area contributed by atoms with Gasteiger partial charge in [0.2, 0.25) is 10.0 Å². The van der Waals surface area contributed by atoms with E-state index in [0.717, 1.165) is 4.31 Å². The predicted octanol–water partition coefficient (Wildman–Crippen LogP) is 3.23. The minimum Gasteiger partial charge on any atom is -0.480 e. The van der Waals surface area contributed by atoms with Crippen molar-refractivity contribution in [3.05, 3.63) is 58.6 Å². The van der Waals surface area contributed by atoms with Crippen LogP contribution in [0.25, 0.3) is 11.1 Å². The topological polar surface area (TPSA) is 118 Å². The molecule has 8 nitrogen and oxygen atoms in total. The Balaban J connectivity index is 1.95. The summed E-state index contributed by atoms with van der Waals surface area (Å²) in [6.45, 7) is 3.56. The van der Waals surface area contributed by atoms with Gasteiger partial charge in [-0.1, -0.05) is 24.3 Å². The number of nitro groups is 1. The molecule has 1 saturated heterocycles. The van der Waals surface area contributed by atoms with Crippen molar-refractivity contribution in [1.29, 1.82) is 0 Å². The molecule has 29 heavy (non-hydrogen) atoms. The summed E-state index contributed by atoms with van der Waals surface area (Å²) in [5.74, 6) is -0.680. The summed E-state index contributed by atoms with van der Waals surface area (Å²) in [6, 6.07) is 10.8. The first kappa shape index (κ1) is 21.3. The van der Waals surface area contributed by atoms with Gasteiger partial charge in [0.25, 0.3) is 5.69 Å². The first-order valence-corrected chi connectivity index (χ1v) is 11.2. The summed E-state index contributed by atoms with van der Waals surface area (Å²) in [5.41, 5.74) is 1.15. The van der Waals surface area contributed by atoms with Crippen LogP contribution in [0.1, 0.15) is 13.8 Å². The fraction of sp³-hybridized carbons (Fsp3) is 0.316. The van der Waals surface area contributed by atoms with Crippen LogP contribution in [-0.2, 0) is 14.8 Å². The lowest BCUT2D eigenvalue weighted by atomic mass is 10.0. The second kappa shape index (κ2) is 7.77. The van der Waals surface area contributed by atoms with E-state index in [9.17, 15) is 28.4 Å². The second-order valence-corrected chi connectivity index (χ2v) is 10.8. The van der Waals surface area contributed by atoms with Crippen molar-refractivity contribution in [2.24, 2.45) is 0 Å². The van der Waals surface area contributed by atoms with Crippen LogP contribution in [0.4, 0.5) is 5.69 Å². The number of benzene rings is 2. The van der Waals surface area contributed by atoms with Gasteiger partial charge in [0, 0.05) is 29.2 Å². The summed E-state index contributed by atoms with van der Waals surface area (Å²) in [4.78, 5) is 22.3. The lowest BCUT2D eigenvalue weighted by molar-refractivity contribution is -0.384. The molecule has 2 aromatic rings. The highest BCUT2D eigenvalue weighted by molar-refractivity contribution is 8.00. The van der Waals surface area contributed by atoms with E-state index in [2.05, 4.69) is 0 Å². The van der Waals surface area contributed by atoms with E-state index in [-0.39, 0.29) is 17.1 Å². The molecule has 0 spiro atoms. The van der Waals surface area contributed by atoms with Crippen LogP contribution >= 0.6 is 11.8 Å². The highest BCUT2D eigenvalue weighted by atomic mass is 32.2. The summed E-state index contributed by atoms with van der Waals surface area (Å²) >= 11 is 1.43. The molecule has 0 aromatic heterocycles. The Kier molecular flexibility index (Phi) is 5.70. The number of aliphatic carboxylic acids is 1. The molecule has 1 aliphatic rings. The highest BCUT2D eigenvalue weighted by Crippen LogP contribution is 2.38. The number of hydrogen-bond donors (Lipinski definition) is 1. The smallest absolute Gasteiger partial charge is 0.323 e. The monoisotopic (exact) mass is 436 g/mol. The minimum atomic E-state index is -4.02. The molecule has 3 rings (SSSR count). The fourth-order valence-corrected chi connectivity index (χ4v) is 6.48. The summed E-state index contributed by atoms with van der Waals surface area (Å²) < 4.78 is 26.6. The normalized spacial score (nSPS) is 19.6. The van der Waals surface area contributed by atoms with E-state index in [0.29, 0.717) is 16.9 Å².